The fraction of sp³-hybridized carbons (Fsp3) is 0.217. The number of hydrogen-bond donors (Lipinski definition) is 3. The largest absolute Gasteiger partial charge is 0.372 e. The maximum absolute atomic E-state index is 12.1. The predicted octanol–water partition coefficient (Wildman–Crippen LogP) is 5.46. The topological polar surface area (TPSA) is 69.3 Å². The second kappa shape index (κ2) is 9.10. The van der Waals surface area contributed by atoms with E-state index in [4.69, 9.17) is 0 Å². The van der Waals surface area contributed by atoms with E-state index in [1.165, 1.54) is 24.9 Å². The molecule has 3 aromatic rings. The zero-order valence-corrected chi connectivity index (χ0v) is 16.3. The molecule has 1 aromatic heterocycles. The lowest BCUT2D eigenvalue weighted by atomic mass is 10.1. The van der Waals surface area contributed by atoms with Gasteiger partial charge in [0.15, 0.2) is 0 Å². The van der Waals surface area contributed by atoms with Gasteiger partial charge in [0, 0.05) is 30.2 Å². The number of hydrogen-bond acceptors (Lipinski definition) is 4. The van der Waals surface area contributed by atoms with Crippen molar-refractivity contribution in [1.29, 1.82) is 0 Å². The van der Waals surface area contributed by atoms with Gasteiger partial charge in [-0.3, -0.25) is 0 Å². The molecule has 3 N–H and O–H groups in total. The average molecular weight is 387 g/mol. The number of amides is 2. The first-order valence-electron chi connectivity index (χ1n) is 9.97. The van der Waals surface area contributed by atoms with Gasteiger partial charge in [-0.05, 0) is 67.8 Å². The Morgan fingerprint density at radius 3 is 2.14 bits per heavy atom. The maximum atomic E-state index is 12.1. The van der Waals surface area contributed by atoms with Gasteiger partial charge in [0.05, 0.1) is 11.9 Å². The van der Waals surface area contributed by atoms with E-state index >= 15 is 0 Å². The van der Waals surface area contributed by atoms with Gasteiger partial charge in [-0.25, -0.2) is 9.78 Å². The van der Waals surface area contributed by atoms with E-state index in [0.717, 1.165) is 30.3 Å². The number of nitrogens with zero attached hydrogens (tertiary/aromatic N) is 2. The van der Waals surface area contributed by atoms with E-state index in [2.05, 4.69) is 50.1 Å². The van der Waals surface area contributed by atoms with Gasteiger partial charge in [-0.15, -0.1) is 0 Å². The fourth-order valence-corrected chi connectivity index (χ4v) is 3.41. The summed E-state index contributed by atoms with van der Waals surface area (Å²) >= 11 is 0. The molecule has 0 aliphatic carbocycles. The Morgan fingerprint density at radius 1 is 0.759 bits per heavy atom. The highest BCUT2D eigenvalue weighted by Crippen LogP contribution is 2.23. The van der Waals surface area contributed by atoms with Crippen molar-refractivity contribution in [2.24, 2.45) is 0 Å². The van der Waals surface area contributed by atoms with Crippen molar-refractivity contribution in [3.8, 4) is 0 Å². The summed E-state index contributed by atoms with van der Waals surface area (Å²) in [4.78, 5) is 18.9. The lowest BCUT2D eigenvalue weighted by Crippen LogP contribution is -2.29. The molecule has 29 heavy (non-hydrogen) atoms. The SMILES string of the molecule is O=C(Nc1ccccc1)Nc1ccc(Nc2ccc(N3CCCCC3)cc2)nc1. The Labute approximate surface area is 171 Å². The molecule has 0 spiro atoms. The lowest BCUT2D eigenvalue weighted by molar-refractivity contribution is 0.262. The van der Waals surface area contributed by atoms with Crippen molar-refractivity contribution in [2.75, 3.05) is 33.9 Å². The number of anilines is 5. The lowest BCUT2D eigenvalue weighted by Gasteiger charge is -2.28. The summed E-state index contributed by atoms with van der Waals surface area (Å²) < 4.78 is 0. The van der Waals surface area contributed by atoms with Crippen LogP contribution in [0.3, 0.4) is 0 Å². The van der Waals surface area contributed by atoms with E-state index in [1.807, 2.05) is 42.5 Å². The number of aromatic nitrogens is 1. The molecule has 0 radical (unpaired) electrons. The van der Waals surface area contributed by atoms with Crippen molar-refractivity contribution in [1.82, 2.24) is 4.98 Å². The number of carbonyl (C=O) groups is 1. The third-order valence-corrected chi connectivity index (χ3v) is 4.91. The van der Waals surface area contributed by atoms with Crippen LogP contribution in [0.4, 0.5) is 33.4 Å². The van der Waals surface area contributed by atoms with Crippen LogP contribution in [0.25, 0.3) is 0 Å². The number of carbonyl (C=O) groups excluding carboxylic acids is 1. The molecule has 2 amide bonds. The Kier molecular flexibility index (Phi) is 5.90. The van der Waals surface area contributed by atoms with Gasteiger partial charge in [0.25, 0.3) is 0 Å². The van der Waals surface area contributed by atoms with Crippen molar-refractivity contribution in [3.05, 3.63) is 72.9 Å². The smallest absolute Gasteiger partial charge is 0.323 e. The summed E-state index contributed by atoms with van der Waals surface area (Å²) in [6.07, 6.45) is 5.51. The van der Waals surface area contributed by atoms with Gasteiger partial charge < -0.3 is 20.9 Å². The first-order valence-corrected chi connectivity index (χ1v) is 9.97. The van der Waals surface area contributed by atoms with E-state index in [9.17, 15) is 4.79 Å². The summed E-state index contributed by atoms with van der Waals surface area (Å²) in [7, 11) is 0. The van der Waals surface area contributed by atoms with Crippen LogP contribution in [0.2, 0.25) is 0 Å². The highest BCUT2D eigenvalue weighted by Gasteiger charge is 2.10. The molecule has 6 nitrogen and oxygen atoms in total. The van der Waals surface area contributed by atoms with E-state index < -0.39 is 0 Å². The van der Waals surface area contributed by atoms with Crippen LogP contribution < -0.4 is 20.9 Å². The summed E-state index contributed by atoms with van der Waals surface area (Å²) in [6, 6.07) is 21.1. The van der Waals surface area contributed by atoms with E-state index in [-0.39, 0.29) is 6.03 Å². The second-order valence-electron chi connectivity index (χ2n) is 7.10. The molecular formula is C23H25N5O. The number of urea groups is 1. The third-order valence-electron chi connectivity index (χ3n) is 4.91. The maximum Gasteiger partial charge on any atom is 0.323 e. The molecule has 2 aromatic carbocycles. The third kappa shape index (κ3) is 5.25. The Bertz CT molecular complexity index is 920. The van der Waals surface area contributed by atoms with Gasteiger partial charge in [0.2, 0.25) is 0 Å². The number of para-hydroxylation sites is 1. The van der Waals surface area contributed by atoms with Gasteiger partial charge in [-0.2, -0.15) is 0 Å². The predicted molar refractivity (Wildman–Crippen MR) is 119 cm³/mol. The molecule has 1 aliphatic heterocycles. The summed E-state index contributed by atoms with van der Waals surface area (Å²) in [5.74, 6) is 0.727. The first-order chi connectivity index (χ1) is 14.3. The number of pyridine rings is 1. The Balaban J connectivity index is 1.31. The monoisotopic (exact) mass is 387 g/mol. The second-order valence-corrected chi connectivity index (χ2v) is 7.10. The molecule has 1 fully saturated rings. The van der Waals surface area contributed by atoms with E-state index in [1.54, 1.807) is 6.20 Å². The number of nitrogens with one attached hydrogen (secondary N) is 3. The molecular weight excluding hydrogens is 362 g/mol. The normalized spacial score (nSPS) is 13.6. The van der Waals surface area contributed by atoms with Gasteiger partial charge in [-0.1, -0.05) is 18.2 Å². The molecule has 0 unspecified atom stereocenters. The zero-order chi connectivity index (χ0) is 19.9. The average Bonchev–Trinajstić information content (AvgIpc) is 2.77. The van der Waals surface area contributed by atoms with Crippen LogP contribution in [0, 0.1) is 0 Å². The fourth-order valence-electron chi connectivity index (χ4n) is 3.41. The van der Waals surface area contributed by atoms with E-state index in [0.29, 0.717) is 5.69 Å². The van der Waals surface area contributed by atoms with Gasteiger partial charge >= 0.3 is 6.03 Å². The molecule has 1 saturated heterocycles. The first kappa shape index (κ1) is 18.8. The summed E-state index contributed by atoms with van der Waals surface area (Å²) in [6.45, 7) is 2.28. The Hall–Kier alpha value is -3.54. The standard InChI is InChI=1S/C23H25N5O/c29-23(26-18-7-3-1-4-8-18)27-20-11-14-22(24-17-20)25-19-9-12-21(13-10-19)28-15-5-2-6-16-28/h1,3-4,7-14,17H,2,5-6,15-16H2,(H,24,25)(H2,26,27,29). The molecule has 1 aliphatic rings. The molecule has 0 bridgehead atoms. The van der Waals surface area contributed by atoms with Crippen LogP contribution in [0.5, 0.6) is 0 Å². The summed E-state index contributed by atoms with van der Waals surface area (Å²) in [5.41, 5.74) is 3.63. The molecule has 0 atom stereocenters. The van der Waals surface area contributed by atoms with Crippen LogP contribution in [0.15, 0.2) is 72.9 Å². The number of benzene rings is 2. The minimum atomic E-state index is -0.299. The van der Waals surface area contributed by atoms with Crippen LogP contribution >= 0.6 is 0 Å². The van der Waals surface area contributed by atoms with Crippen molar-refractivity contribution in [2.45, 2.75) is 19.3 Å². The van der Waals surface area contributed by atoms with Crippen molar-refractivity contribution < 1.29 is 4.79 Å². The Morgan fingerprint density at radius 2 is 1.45 bits per heavy atom. The van der Waals surface area contributed by atoms with Crippen LogP contribution in [-0.2, 0) is 0 Å². The van der Waals surface area contributed by atoms with Crippen molar-refractivity contribution >= 4 is 34.6 Å². The molecule has 148 valence electrons. The van der Waals surface area contributed by atoms with Crippen molar-refractivity contribution in [3.63, 3.8) is 0 Å². The van der Waals surface area contributed by atoms with Gasteiger partial charge in [0.1, 0.15) is 5.82 Å². The molecule has 6 heteroatoms. The minimum Gasteiger partial charge on any atom is -0.372 e. The minimum absolute atomic E-state index is 0.299. The molecule has 4 rings (SSSR count). The highest BCUT2D eigenvalue weighted by molar-refractivity contribution is 5.99. The summed E-state index contributed by atoms with van der Waals surface area (Å²) in [5, 5.41) is 8.86. The quantitative estimate of drug-likeness (QED) is 0.544. The molecule has 0 saturated carbocycles. The number of rotatable bonds is 5. The molecule has 2 heterocycles. The number of piperidine rings is 1. The zero-order valence-electron chi connectivity index (χ0n) is 16.3. The van der Waals surface area contributed by atoms with Crippen LogP contribution in [0.1, 0.15) is 19.3 Å². The highest BCUT2D eigenvalue weighted by atomic mass is 16.2. The van der Waals surface area contributed by atoms with Crippen LogP contribution in [-0.4, -0.2) is 24.1 Å².